The summed E-state index contributed by atoms with van der Waals surface area (Å²) in [6, 6.07) is 0. The first kappa shape index (κ1) is 83.7. The summed E-state index contributed by atoms with van der Waals surface area (Å²) in [6.45, 7) is 0.230. The number of rotatable bonds is 23. The van der Waals surface area contributed by atoms with E-state index in [1.54, 1.807) is 0 Å². The fourth-order valence-corrected chi connectivity index (χ4v) is 13.8. The topological polar surface area (TPSA) is 659 Å². The molecule has 0 spiro atoms. The Bertz CT molecular complexity index is 2580. The summed E-state index contributed by atoms with van der Waals surface area (Å²) >= 11 is 0. The zero-order valence-electron chi connectivity index (χ0n) is 56.2. The molecule has 0 aliphatic carbocycles. The lowest BCUT2D eigenvalue weighted by molar-refractivity contribution is -0.422. The van der Waals surface area contributed by atoms with Crippen LogP contribution in [-0.2, 0) is 99.5 Å². The highest BCUT2D eigenvalue weighted by Gasteiger charge is 2.61. The van der Waals surface area contributed by atoms with Crippen LogP contribution in [0.3, 0.4) is 0 Å². The molecule has 600 valence electrons. The van der Waals surface area contributed by atoms with Gasteiger partial charge in [0.1, 0.15) is 201 Å². The molecule has 103 heavy (non-hydrogen) atoms. The van der Waals surface area contributed by atoms with E-state index >= 15 is 0 Å². The van der Waals surface area contributed by atoms with Gasteiger partial charge in [-0.1, -0.05) is 0 Å². The van der Waals surface area contributed by atoms with Crippen LogP contribution in [0.2, 0.25) is 0 Å². The first-order valence-electron chi connectivity index (χ1n) is 33.6. The van der Waals surface area contributed by atoms with E-state index in [-0.39, 0.29) is 0 Å². The van der Waals surface area contributed by atoms with Crippen molar-refractivity contribution in [3.8, 4) is 0 Å². The number of aliphatic hydroxyl groups excluding tert-OH is 23. The van der Waals surface area contributed by atoms with Crippen LogP contribution in [0, 0.1) is 0 Å². The minimum atomic E-state index is -2.32. The van der Waals surface area contributed by atoms with Gasteiger partial charge in [-0.25, -0.2) is 0 Å². The average molecular weight is 1510 g/mol. The molecule has 44 heteroatoms. The van der Waals surface area contributed by atoms with E-state index in [0.717, 1.165) is 0 Å². The maximum Gasteiger partial charge on any atom is 0.187 e. The Morgan fingerprint density at radius 3 is 1.11 bits per heavy atom. The Kier molecular flexibility index (Phi) is 29.0. The molecule has 0 amide bonds. The number of hydrogen-bond acceptors (Lipinski definition) is 44. The van der Waals surface area contributed by atoms with Crippen LogP contribution in [0.4, 0.5) is 0 Å². The molecule has 0 aromatic heterocycles. The first-order valence-corrected chi connectivity index (χ1v) is 33.6. The molecule has 10 saturated heterocycles. The van der Waals surface area contributed by atoms with E-state index < -0.39 is 328 Å². The van der Waals surface area contributed by atoms with Gasteiger partial charge in [0.25, 0.3) is 0 Å². The van der Waals surface area contributed by atoms with Gasteiger partial charge in [-0.05, 0) is 27.7 Å². The molecule has 23 N–H and O–H groups in total. The number of ether oxygens (including phenoxy) is 21. The Labute approximate surface area is 585 Å². The van der Waals surface area contributed by atoms with Crippen LogP contribution in [0.5, 0.6) is 0 Å². The molecule has 10 aliphatic heterocycles. The third kappa shape index (κ3) is 17.5. The van der Waals surface area contributed by atoms with Crippen molar-refractivity contribution in [1.29, 1.82) is 0 Å². The molecule has 0 radical (unpaired) electrons. The molecule has 10 fully saturated rings. The van der Waals surface area contributed by atoms with Crippen molar-refractivity contribution >= 4 is 0 Å². The van der Waals surface area contributed by atoms with Gasteiger partial charge in [-0.3, -0.25) is 0 Å². The van der Waals surface area contributed by atoms with Crippen molar-refractivity contribution in [2.45, 2.75) is 316 Å². The van der Waals surface area contributed by atoms with E-state index in [4.69, 9.17) is 99.5 Å². The molecule has 44 nitrogen and oxygen atoms in total. The van der Waals surface area contributed by atoms with Gasteiger partial charge >= 0.3 is 0 Å². The quantitative estimate of drug-likeness (QED) is 0.0452. The molecule has 0 aromatic rings. The summed E-state index contributed by atoms with van der Waals surface area (Å²) in [5, 5.41) is 255. The first-order chi connectivity index (χ1) is 48.8. The van der Waals surface area contributed by atoms with Crippen molar-refractivity contribution in [3.05, 3.63) is 0 Å². The largest absolute Gasteiger partial charge is 0.394 e. The SMILES string of the molecule is CO[C@@H]1[C@@H](O)[C@H](C)O[C@@H](O[C@H]2[C@@H](O[C@@H]3CO[C@@H](O[C@H]4[C@@H](O[C@H]5O[C@H](C)[C@@H](O)[C@H](O[C@H]6O[C@H](CO)[C@@H](O)[C@H](O)[C@@H]6O)[C@@H]5O)[C@H](O[C@H]5O[C@H](CO)[C@H](O)[C@H](O)[C@H]5O)[C@H](O[C@@H]5[C@@H](O)[C@H](O)O[C@H](CO)[C@H]5O[C@@H]5OC[C@@H](O)[C@H](O)[C@H]5O)O[C@H]4C)[C@H](O)[C@H]3O)O[C@@H](C)[C@H](O)[C@H]2O[C@@H]2OC[C@@H](O)[C@@H](O)[C@@H]2O)[C@@H]1OC. The molecule has 0 bridgehead atoms. The molecular formula is C59H100O44. The molecule has 0 aromatic carbocycles. The average Bonchev–Trinajstić information content (AvgIpc) is 0.794. The van der Waals surface area contributed by atoms with Crippen LogP contribution >= 0.6 is 0 Å². The van der Waals surface area contributed by atoms with Gasteiger partial charge < -0.3 is 217 Å². The highest BCUT2D eigenvalue weighted by molar-refractivity contribution is 5.03. The molecule has 0 saturated carbocycles. The lowest BCUT2D eigenvalue weighted by Crippen LogP contribution is -2.70. The monoisotopic (exact) mass is 1510 g/mol. The van der Waals surface area contributed by atoms with Crippen molar-refractivity contribution in [3.63, 3.8) is 0 Å². The summed E-state index contributed by atoms with van der Waals surface area (Å²) < 4.78 is 126. The van der Waals surface area contributed by atoms with Gasteiger partial charge in [0, 0.05) is 14.2 Å². The maximum atomic E-state index is 12.3. The summed E-state index contributed by atoms with van der Waals surface area (Å²) in [6.07, 6.45) is -88.5. The second kappa shape index (κ2) is 35.7. The van der Waals surface area contributed by atoms with E-state index in [9.17, 15) is 117 Å². The maximum absolute atomic E-state index is 12.3. The van der Waals surface area contributed by atoms with Crippen molar-refractivity contribution in [2.75, 3.05) is 53.9 Å². The highest BCUT2D eigenvalue weighted by atomic mass is 16.8. The molecule has 10 rings (SSSR count). The van der Waals surface area contributed by atoms with Crippen molar-refractivity contribution in [1.82, 2.24) is 0 Å². The standard InChI is InChI=1S/C59H100O44/c1-13-23(65)42(98-54-36(78)31(73)28(70)19(7-60)93-54)39(81)56(88-13)101-46-40(16(4)91-59(49(46)102-55-37(79)32(74)29(71)20(8-61)94-55)100-45-38(80)50(82)92-21(9-62)41(45)97-51-33(75)26(68)17(63)10-85-51)96-53-35(77)30(72)22(12-87-53)95-58-48(103-57-47(84-6)43(83-5)24(66)14(2)89-57)44(25(67)15(3)90-58)99-52-34(76)27(69)18(64)11-86-52/h13-82H,7-12H2,1-6H3/t13-,14+,15+,16+,17-,18-,19-,20-,21-,22-,23-,24+,25+,26+,27-,28-,29+,30+,31+,32+,33-,34+,35-,36+,37-,38-,39+,40-,41-,42+,43-,44-,45-,46-,47-,48-,49+,50-,51+,52+,53+,54-,55-,56-,57+,58-,59+/m1/s1. The summed E-state index contributed by atoms with van der Waals surface area (Å²) in [5.41, 5.74) is 0. The molecule has 0 unspecified atom stereocenters. The van der Waals surface area contributed by atoms with Crippen LogP contribution in [0.15, 0.2) is 0 Å². The number of aliphatic hydroxyl groups is 23. The minimum absolute atomic E-state index is 0.558. The normalized spacial score (nSPS) is 54.8. The zero-order valence-corrected chi connectivity index (χ0v) is 56.2. The lowest BCUT2D eigenvalue weighted by Gasteiger charge is -2.52. The number of hydrogen-bond donors (Lipinski definition) is 23. The smallest absolute Gasteiger partial charge is 0.187 e. The third-order valence-electron chi connectivity index (χ3n) is 20.1. The Morgan fingerprint density at radius 1 is 0.243 bits per heavy atom. The van der Waals surface area contributed by atoms with Gasteiger partial charge in [0.2, 0.25) is 0 Å². The van der Waals surface area contributed by atoms with Crippen LogP contribution in [0.1, 0.15) is 27.7 Å². The van der Waals surface area contributed by atoms with Gasteiger partial charge in [0.05, 0.1) is 64.1 Å². The lowest BCUT2D eigenvalue weighted by atomic mass is 9.94. The number of methoxy groups -OCH3 is 2. The second-order valence-electron chi connectivity index (χ2n) is 27.0. The van der Waals surface area contributed by atoms with E-state index in [2.05, 4.69) is 0 Å². The van der Waals surface area contributed by atoms with Gasteiger partial charge in [-0.2, -0.15) is 0 Å². The fourth-order valence-electron chi connectivity index (χ4n) is 13.8. The van der Waals surface area contributed by atoms with E-state index in [1.807, 2.05) is 0 Å². The van der Waals surface area contributed by atoms with Crippen LogP contribution in [0.25, 0.3) is 0 Å². The Hall–Kier alpha value is -1.76. The Balaban J connectivity index is 0.996. The minimum Gasteiger partial charge on any atom is -0.394 e. The predicted molar refractivity (Wildman–Crippen MR) is 316 cm³/mol. The molecule has 47 atom stereocenters. The summed E-state index contributed by atoms with van der Waals surface area (Å²) in [5.74, 6) is 0. The highest BCUT2D eigenvalue weighted by Crippen LogP contribution is 2.42. The van der Waals surface area contributed by atoms with E-state index in [0.29, 0.717) is 0 Å². The molecular weight excluding hydrogens is 1410 g/mol. The third-order valence-corrected chi connectivity index (χ3v) is 20.1. The van der Waals surface area contributed by atoms with Crippen LogP contribution < -0.4 is 0 Å². The molecule has 10 heterocycles. The summed E-state index contributed by atoms with van der Waals surface area (Å²) in [4.78, 5) is 0. The summed E-state index contributed by atoms with van der Waals surface area (Å²) in [7, 11) is 2.52. The van der Waals surface area contributed by atoms with Gasteiger partial charge in [-0.15, -0.1) is 0 Å². The zero-order chi connectivity index (χ0) is 75.2. The van der Waals surface area contributed by atoms with Crippen LogP contribution in [-0.4, -0.2) is 460 Å². The Morgan fingerprint density at radius 2 is 0.592 bits per heavy atom. The predicted octanol–water partition coefficient (Wildman–Crippen LogP) is -15.5. The van der Waals surface area contributed by atoms with Crippen molar-refractivity contribution in [2.24, 2.45) is 0 Å². The fraction of sp³-hybridized carbons (Fsp3) is 1.00. The van der Waals surface area contributed by atoms with Gasteiger partial charge in [0.15, 0.2) is 62.9 Å². The van der Waals surface area contributed by atoms with E-state index in [1.165, 1.54) is 41.9 Å². The van der Waals surface area contributed by atoms with Crippen molar-refractivity contribution < 1.29 is 217 Å². The second-order valence-corrected chi connectivity index (χ2v) is 27.0. The molecule has 10 aliphatic rings.